The van der Waals surface area contributed by atoms with Crippen molar-refractivity contribution in [1.29, 1.82) is 0 Å². The van der Waals surface area contributed by atoms with Crippen molar-refractivity contribution < 1.29 is 4.74 Å². The summed E-state index contributed by atoms with van der Waals surface area (Å²) in [6, 6.07) is 1.40. The van der Waals surface area contributed by atoms with Crippen molar-refractivity contribution >= 4 is 22.5 Å². The highest BCUT2D eigenvalue weighted by molar-refractivity contribution is 8.23. The summed E-state index contributed by atoms with van der Waals surface area (Å²) in [4.78, 5) is 13.0. The van der Waals surface area contributed by atoms with E-state index in [1.165, 1.54) is 21.9 Å². The zero-order chi connectivity index (χ0) is 13.2. The van der Waals surface area contributed by atoms with Gasteiger partial charge in [-0.3, -0.25) is 4.79 Å². The Morgan fingerprint density at radius 1 is 1.58 bits per heavy atom. The van der Waals surface area contributed by atoms with Crippen LogP contribution in [0.15, 0.2) is 39.5 Å². The van der Waals surface area contributed by atoms with Crippen molar-refractivity contribution in [1.82, 2.24) is 9.78 Å². The van der Waals surface area contributed by atoms with E-state index in [9.17, 15) is 4.79 Å². The second-order valence-corrected chi connectivity index (χ2v) is 7.22. The number of rotatable bonds is 4. The lowest BCUT2D eigenvalue weighted by molar-refractivity contribution is -0.0344. The van der Waals surface area contributed by atoms with Crippen molar-refractivity contribution in [2.24, 2.45) is 0 Å². The lowest BCUT2D eigenvalue weighted by atomic mass is 10.2. The van der Waals surface area contributed by atoms with Crippen molar-refractivity contribution in [2.75, 3.05) is 12.4 Å². The summed E-state index contributed by atoms with van der Waals surface area (Å²) < 4.78 is 6.94. The topological polar surface area (TPSA) is 44.1 Å². The Morgan fingerprint density at radius 2 is 2.42 bits per heavy atom. The largest absolute Gasteiger partial charge is 0.377 e. The lowest BCUT2D eigenvalue weighted by Gasteiger charge is -2.31. The van der Waals surface area contributed by atoms with Gasteiger partial charge in [0.15, 0.2) is 0 Å². The molecule has 4 nitrogen and oxygen atoms in total. The Bertz CT molecular complexity index is 593. The highest BCUT2D eigenvalue weighted by Crippen LogP contribution is 2.43. The zero-order valence-corrected chi connectivity index (χ0v) is 12.0. The van der Waals surface area contributed by atoms with Crippen molar-refractivity contribution in [3.05, 3.63) is 50.1 Å². The molecule has 0 radical (unpaired) electrons. The fraction of sp³-hybridized carbons (Fsp3) is 0.385. The molecule has 0 spiro atoms. The first-order valence-electron chi connectivity index (χ1n) is 6.20. The molecule has 1 aromatic heterocycles. The monoisotopic (exact) mass is 298 g/mol. The summed E-state index contributed by atoms with van der Waals surface area (Å²) in [5.41, 5.74) is -0.157. The number of aromatic nitrogens is 2. The van der Waals surface area contributed by atoms with Gasteiger partial charge in [-0.25, -0.2) is 15.6 Å². The molecule has 0 aliphatic carbocycles. The van der Waals surface area contributed by atoms with Crippen molar-refractivity contribution in [3.8, 4) is 0 Å². The molecule has 0 amide bonds. The van der Waals surface area contributed by atoms with E-state index in [2.05, 4.69) is 22.7 Å². The third kappa shape index (κ3) is 2.94. The molecular formula is C13H15ClN2O2S. The first kappa shape index (κ1) is 13.0. The van der Waals surface area contributed by atoms with Crippen LogP contribution in [-0.2, 0) is 11.3 Å². The normalized spacial score (nSPS) is 27.1. The van der Waals surface area contributed by atoms with Crippen molar-refractivity contribution in [2.45, 2.75) is 19.1 Å². The van der Waals surface area contributed by atoms with Crippen LogP contribution in [0.2, 0.25) is 5.02 Å². The minimum Gasteiger partial charge on any atom is -0.377 e. The lowest BCUT2D eigenvalue weighted by Crippen LogP contribution is -2.30. The van der Waals surface area contributed by atoms with Crippen LogP contribution in [0.1, 0.15) is 6.42 Å². The fourth-order valence-electron chi connectivity index (χ4n) is 2.10. The number of halogens is 1. The summed E-state index contributed by atoms with van der Waals surface area (Å²) >= 11 is 5.74. The molecule has 1 fully saturated rings. The van der Waals surface area contributed by atoms with Gasteiger partial charge in [0.1, 0.15) is 0 Å². The molecule has 6 heteroatoms. The van der Waals surface area contributed by atoms with Crippen LogP contribution in [0.3, 0.4) is 0 Å². The molecule has 19 heavy (non-hydrogen) atoms. The first-order chi connectivity index (χ1) is 9.22. The molecule has 3 heterocycles. The molecule has 2 aliphatic heterocycles. The van der Waals surface area contributed by atoms with E-state index in [4.69, 9.17) is 16.3 Å². The highest BCUT2D eigenvalue weighted by Gasteiger charge is 2.23. The second-order valence-electron chi connectivity index (χ2n) is 4.60. The van der Waals surface area contributed by atoms with Crippen LogP contribution in [0.5, 0.6) is 0 Å². The van der Waals surface area contributed by atoms with E-state index in [0.717, 1.165) is 18.8 Å². The maximum absolute atomic E-state index is 11.8. The maximum atomic E-state index is 11.8. The Balaban J connectivity index is 1.70. The number of hydrogen-bond acceptors (Lipinski definition) is 3. The van der Waals surface area contributed by atoms with Gasteiger partial charge in [-0.15, -0.1) is 0 Å². The van der Waals surface area contributed by atoms with Gasteiger partial charge in [0.25, 0.3) is 5.56 Å². The molecule has 0 bridgehead atoms. The number of nitrogens with zero attached hydrogens (tertiary/aromatic N) is 2. The molecule has 0 aromatic carbocycles. The molecule has 1 aromatic rings. The Morgan fingerprint density at radius 3 is 3.11 bits per heavy atom. The Kier molecular flexibility index (Phi) is 3.77. The third-order valence-electron chi connectivity index (χ3n) is 3.27. The quantitative estimate of drug-likeness (QED) is 0.866. The summed E-state index contributed by atoms with van der Waals surface area (Å²) in [7, 11) is -0.323. The average Bonchev–Trinajstić information content (AvgIpc) is 2.75. The molecule has 1 unspecified atom stereocenters. The molecule has 102 valence electrons. The minimum atomic E-state index is -0.323. The highest BCUT2D eigenvalue weighted by atomic mass is 35.5. The molecule has 2 atom stereocenters. The summed E-state index contributed by atoms with van der Waals surface area (Å²) in [6.45, 7) is 1.43. The van der Waals surface area contributed by atoms with E-state index in [-0.39, 0.29) is 16.5 Å². The van der Waals surface area contributed by atoms with Gasteiger partial charge < -0.3 is 4.74 Å². The van der Waals surface area contributed by atoms with E-state index in [0.29, 0.717) is 17.7 Å². The molecule has 0 N–H and O–H groups in total. The van der Waals surface area contributed by atoms with Gasteiger partial charge in [0.2, 0.25) is 0 Å². The number of ether oxygens (including phenoxy) is 1. The van der Waals surface area contributed by atoms with E-state index >= 15 is 0 Å². The molecule has 0 saturated carbocycles. The first-order valence-corrected chi connectivity index (χ1v) is 8.18. The predicted octanol–water partition coefficient (Wildman–Crippen LogP) is 2.10. The Hall–Kier alpha value is -1.04. The van der Waals surface area contributed by atoms with Crippen LogP contribution in [-0.4, -0.2) is 28.2 Å². The molecule has 2 aliphatic rings. The second kappa shape index (κ2) is 5.53. The van der Waals surface area contributed by atoms with Crippen LogP contribution in [0.4, 0.5) is 0 Å². The predicted molar refractivity (Wildman–Crippen MR) is 78.9 cm³/mol. The van der Waals surface area contributed by atoms with Gasteiger partial charge in [-0.05, 0) is 16.7 Å². The van der Waals surface area contributed by atoms with Gasteiger partial charge in [-0.2, -0.15) is 5.10 Å². The van der Waals surface area contributed by atoms with Crippen LogP contribution >= 0.6 is 22.5 Å². The Labute approximate surface area is 119 Å². The number of allylic oxidation sites excluding steroid dienone is 3. The van der Waals surface area contributed by atoms with E-state index in [1.807, 2.05) is 0 Å². The van der Waals surface area contributed by atoms with Crippen LogP contribution in [0, 0.1) is 0 Å². The number of hydrogen-bond donors (Lipinski definition) is 1. The number of thiol groups is 1. The van der Waals surface area contributed by atoms with E-state index in [1.54, 1.807) is 0 Å². The van der Waals surface area contributed by atoms with Gasteiger partial charge in [0.05, 0.1) is 23.9 Å². The van der Waals surface area contributed by atoms with E-state index < -0.39 is 0 Å². The van der Waals surface area contributed by atoms with Crippen LogP contribution < -0.4 is 5.56 Å². The zero-order valence-electron chi connectivity index (χ0n) is 10.3. The summed E-state index contributed by atoms with van der Waals surface area (Å²) in [5, 5.41) is 6.68. The van der Waals surface area contributed by atoms with Crippen LogP contribution in [0.25, 0.3) is 0 Å². The molecule has 1 saturated heterocycles. The maximum Gasteiger partial charge on any atom is 0.268 e. The summed E-state index contributed by atoms with van der Waals surface area (Å²) in [6.07, 6.45) is 7.21. The van der Waals surface area contributed by atoms with Crippen molar-refractivity contribution in [3.63, 3.8) is 0 Å². The smallest absolute Gasteiger partial charge is 0.268 e. The van der Waals surface area contributed by atoms with Gasteiger partial charge in [-0.1, -0.05) is 23.8 Å². The molecule has 3 rings (SSSR count). The van der Waals surface area contributed by atoms with Gasteiger partial charge >= 0.3 is 0 Å². The minimum absolute atomic E-state index is 0.157. The van der Waals surface area contributed by atoms with Gasteiger partial charge in [0, 0.05) is 18.4 Å². The third-order valence-corrected chi connectivity index (χ3v) is 5.83. The summed E-state index contributed by atoms with van der Waals surface area (Å²) in [5.74, 6) is 1.06. The molecular weight excluding hydrogens is 284 g/mol. The standard InChI is InChI=1S/C13H15ClN2O2S/c14-10-6-13(17)16(15-7-10)8-12-2-1-5-19(12)9-11-3-4-18-11/h1-2,5-7,11,19H,3-4,8-9H2/t11-/m0/s1. The average molecular weight is 299 g/mol. The fourth-order valence-corrected chi connectivity index (χ4v) is 4.40. The SMILES string of the molecule is O=c1cc(Cl)cnn1CC1=CC=C[SH]1C[C@@H]1CCO1.